The second-order valence-electron chi connectivity index (χ2n) is 5.71. The summed E-state index contributed by atoms with van der Waals surface area (Å²) < 4.78 is 5.81. The van der Waals surface area contributed by atoms with Crippen molar-refractivity contribution in [3.63, 3.8) is 0 Å². The highest BCUT2D eigenvalue weighted by molar-refractivity contribution is 5.33. The highest BCUT2D eigenvalue weighted by Gasteiger charge is 2.14. The van der Waals surface area contributed by atoms with E-state index in [1.165, 1.54) is 18.4 Å². The topological polar surface area (TPSA) is 45.0 Å². The first kappa shape index (κ1) is 14.6. The minimum Gasteiger partial charge on any atom is -0.489 e. The summed E-state index contributed by atoms with van der Waals surface area (Å²) in [4.78, 5) is 0. The van der Waals surface area contributed by atoms with Crippen LogP contribution in [0.25, 0.3) is 0 Å². The van der Waals surface area contributed by atoms with Crippen molar-refractivity contribution < 1.29 is 4.74 Å². The third kappa shape index (κ3) is 3.66. The molecule has 0 saturated carbocycles. The van der Waals surface area contributed by atoms with Gasteiger partial charge in [-0.05, 0) is 60.7 Å². The van der Waals surface area contributed by atoms with Crippen LogP contribution in [0.1, 0.15) is 35.4 Å². The van der Waals surface area contributed by atoms with E-state index in [0.717, 1.165) is 24.4 Å². The summed E-state index contributed by atoms with van der Waals surface area (Å²) in [5.41, 5.74) is 3.06. The zero-order valence-corrected chi connectivity index (χ0v) is 12.6. The van der Waals surface area contributed by atoms with Gasteiger partial charge in [0, 0.05) is 6.54 Å². The molecule has 1 atom stereocenters. The van der Waals surface area contributed by atoms with E-state index in [-0.39, 0.29) is 0 Å². The van der Waals surface area contributed by atoms with E-state index >= 15 is 0 Å². The van der Waals surface area contributed by atoms with Gasteiger partial charge in [-0.25, -0.2) is 0 Å². The van der Waals surface area contributed by atoms with Crippen LogP contribution in [0, 0.1) is 11.3 Å². The predicted octanol–water partition coefficient (Wildman–Crippen LogP) is 3.60. The van der Waals surface area contributed by atoms with Crippen molar-refractivity contribution in [3.05, 3.63) is 65.2 Å². The van der Waals surface area contributed by atoms with Crippen LogP contribution in [0.2, 0.25) is 0 Å². The average Bonchev–Trinajstić information content (AvgIpc) is 2.61. The summed E-state index contributed by atoms with van der Waals surface area (Å²) in [6.45, 7) is 2.69. The molecule has 1 N–H and O–H groups in total. The van der Waals surface area contributed by atoms with E-state index in [1.54, 1.807) is 6.07 Å². The molecule has 0 spiro atoms. The summed E-state index contributed by atoms with van der Waals surface area (Å²) in [6.07, 6.45) is 2.51. The fraction of sp³-hybridized carbons (Fsp3) is 0.316. The van der Waals surface area contributed by atoms with E-state index in [1.807, 2.05) is 30.3 Å². The van der Waals surface area contributed by atoms with Crippen molar-refractivity contribution in [2.45, 2.75) is 25.4 Å². The number of nitriles is 1. The Hall–Kier alpha value is -2.31. The summed E-state index contributed by atoms with van der Waals surface area (Å²) >= 11 is 0. The molecule has 1 aliphatic rings. The zero-order chi connectivity index (χ0) is 15.2. The molecule has 1 heterocycles. The third-order valence-corrected chi connectivity index (χ3v) is 4.11. The Bertz CT molecular complexity index is 652. The van der Waals surface area contributed by atoms with Gasteiger partial charge in [0.2, 0.25) is 0 Å². The monoisotopic (exact) mass is 292 g/mol. The molecule has 0 amide bonds. The molecular weight excluding hydrogens is 272 g/mol. The molecular formula is C19H20N2O. The maximum atomic E-state index is 8.91. The number of hydrogen-bond donors (Lipinski definition) is 1. The minimum atomic E-state index is 0.486. The summed E-state index contributed by atoms with van der Waals surface area (Å²) in [5, 5.41) is 12.4. The van der Waals surface area contributed by atoms with Gasteiger partial charge in [-0.15, -0.1) is 0 Å². The molecule has 1 saturated heterocycles. The largest absolute Gasteiger partial charge is 0.489 e. The SMILES string of the molecule is N#Cc1cccc(COc2ccc(C3CCCNC3)cc2)c1. The quantitative estimate of drug-likeness (QED) is 0.936. The number of benzene rings is 2. The molecule has 3 heteroatoms. The van der Waals surface area contributed by atoms with E-state index < -0.39 is 0 Å². The first-order valence-corrected chi connectivity index (χ1v) is 7.77. The summed E-state index contributed by atoms with van der Waals surface area (Å²) in [7, 11) is 0. The molecule has 0 radical (unpaired) electrons. The maximum Gasteiger partial charge on any atom is 0.119 e. The second kappa shape index (κ2) is 7.11. The zero-order valence-electron chi connectivity index (χ0n) is 12.6. The first-order chi connectivity index (χ1) is 10.8. The smallest absolute Gasteiger partial charge is 0.119 e. The van der Waals surface area contributed by atoms with Crippen molar-refractivity contribution in [3.8, 4) is 11.8 Å². The van der Waals surface area contributed by atoms with Crippen LogP contribution in [0.15, 0.2) is 48.5 Å². The van der Waals surface area contributed by atoms with Gasteiger partial charge >= 0.3 is 0 Å². The third-order valence-electron chi connectivity index (χ3n) is 4.11. The highest BCUT2D eigenvalue weighted by atomic mass is 16.5. The Labute approximate surface area is 131 Å². The molecule has 3 rings (SSSR count). The molecule has 112 valence electrons. The lowest BCUT2D eigenvalue weighted by atomic mass is 9.92. The van der Waals surface area contributed by atoms with Gasteiger partial charge in [-0.2, -0.15) is 5.26 Å². The lowest BCUT2D eigenvalue weighted by Gasteiger charge is -2.23. The molecule has 2 aromatic carbocycles. The van der Waals surface area contributed by atoms with Gasteiger partial charge in [-0.1, -0.05) is 24.3 Å². The van der Waals surface area contributed by atoms with Crippen LogP contribution < -0.4 is 10.1 Å². The minimum absolute atomic E-state index is 0.486. The van der Waals surface area contributed by atoms with Gasteiger partial charge in [0.25, 0.3) is 0 Å². The van der Waals surface area contributed by atoms with E-state index in [9.17, 15) is 0 Å². The Morgan fingerprint density at radius 1 is 1.18 bits per heavy atom. The Morgan fingerprint density at radius 2 is 2.05 bits per heavy atom. The number of rotatable bonds is 4. The average molecular weight is 292 g/mol. The highest BCUT2D eigenvalue weighted by Crippen LogP contribution is 2.25. The van der Waals surface area contributed by atoms with Crippen LogP contribution in [0.4, 0.5) is 0 Å². The molecule has 0 bridgehead atoms. The van der Waals surface area contributed by atoms with Gasteiger partial charge < -0.3 is 10.1 Å². The van der Waals surface area contributed by atoms with Crippen LogP contribution in [-0.2, 0) is 6.61 Å². The Balaban J connectivity index is 1.60. The van der Waals surface area contributed by atoms with Crippen molar-refractivity contribution in [1.82, 2.24) is 5.32 Å². The van der Waals surface area contributed by atoms with Crippen LogP contribution in [-0.4, -0.2) is 13.1 Å². The molecule has 1 fully saturated rings. The van der Waals surface area contributed by atoms with Crippen LogP contribution in [0.5, 0.6) is 5.75 Å². The van der Waals surface area contributed by atoms with Gasteiger partial charge in [0.1, 0.15) is 12.4 Å². The van der Waals surface area contributed by atoms with Crippen molar-refractivity contribution in [2.24, 2.45) is 0 Å². The lowest BCUT2D eigenvalue weighted by molar-refractivity contribution is 0.306. The predicted molar refractivity (Wildman–Crippen MR) is 86.8 cm³/mol. The van der Waals surface area contributed by atoms with Crippen molar-refractivity contribution in [2.75, 3.05) is 13.1 Å². The lowest BCUT2D eigenvalue weighted by Crippen LogP contribution is -2.28. The molecule has 0 aliphatic carbocycles. The standard InChI is InChI=1S/C19H20N2O/c20-12-15-3-1-4-16(11-15)14-22-19-8-6-17(7-9-19)18-5-2-10-21-13-18/h1,3-4,6-9,11,18,21H,2,5,10,13-14H2. The summed E-state index contributed by atoms with van der Waals surface area (Å²) in [6, 6.07) is 18.1. The number of ether oxygens (including phenoxy) is 1. The van der Waals surface area contributed by atoms with Crippen molar-refractivity contribution >= 4 is 0 Å². The number of nitrogens with one attached hydrogen (secondary N) is 1. The van der Waals surface area contributed by atoms with Gasteiger partial charge in [0.05, 0.1) is 11.6 Å². The number of piperidine rings is 1. The molecule has 2 aromatic rings. The number of nitrogens with zero attached hydrogens (tertiary/aromatic N) is 1. The maximum absolute atomic E-state index is 8.91. The first-order valence-electron chi connectivity index (χ1n) is 7.77. The summed E-state index contributed by atoms with van der Waals surface area (Å²) in [5.74, 6) is 1.49. The van der Waals surface area contributed by atoms with Gasteiger partial charge in [-0.3, -0.25) is 0 Å². The van der Waals surface area contributed by atoms with Crippen LogP contribution in [0.3, 0.4) is 0 Å². The molecule has 22 heavy (non-hydrogen) atoms. The molecule has 1 aliphatic heterocycles. The van der Waals surface area contributed by atoms with E-state index in [0.29, 0.717) is 18.1 Å². The Morgan fingerprint density at radius 3 is 2.77 bits per heavy atom. The van der Waals surface area contributed by atoms with E-state index in [2.05, 4.69) is 23.5 Å². The molecule has 3 nitrogen and oxygen atoms in total. The van der Waals surface area contributed by atoms with E-state index in [4.69, 9.17) is 10.00 Å². The molecule has 0 aromatic heterocycles. The van der Waals surface area contributed by atoms with Crippen LogP contribution >= 0.6 is 0 Å². The Kier molecular flexibility index (Phi) is 4.72. The second-order valence-corrected chi connectivity index (χ2v) is 5.71. The van der Waals surface area contributed by atoms with Gasteiger partial charge in [0.15, 0.2) is 0 Å². The number of hydrogen-bond acceptors (Lipinski definition) is 3. The fourth-order valence-corrected chi connectivity index (χ4v) is 2.87. The normalized spacial score (nSPS) is 17.7. The molecule has 1 unspecified atom stereocenters. The van der Waals surface area contributed by atoms with Crippen molar-refractivity contribution in [1.29, 1.82) is 5.26 Å². The fourth-order valence-electron chi connectivity index (χ4n) is 2.87.